The van der Waals surface area contributed by atoms with E-state index >= 15 is 0 Å². The van der Waals surface area contributed by atoms with E-state index in [0.717, 1.165) is 34.4 Å². The van der Waals surface area contributed by atoms with Crippen LogP contribution in [0.2, 0.25) is 0 Å². The Bertz CT molecular complexity index is 1030. The molecule has 2 aromatic carbocycles. The van der Waals surface area contributed by atoms with Crippen molar-refractivity contribution in [3.63, 3.8) is 0 Å². The molecule has 0 fully saturated rings. The number of rotatable bonds is 9. The highest BCUT2D eigenvalue weighted by atomic mass is 16.3. The van der Waals surface area contributed by atoms with Crippen LogP contribution in [0, 0.1) is 17.8 Å². The molecule has 0 bridgehead atoms. The Hall–Kier alpha value is -2.77. The molecule has 0 saturated carbocycles. The number of likely N-dealkylation sites (N-methyl/N-ethyl adjacent to an activating group) is 1. The average molecular weight is 475 g/mol. The Morgan fingerprint density at radius 3 is 2.54 bits per heavy atom. The molecule has 0 aliphatic carbocycles. The Kier molecular flexibility index (Phi) is 10.2. The maximum atomic E-state index is 12.8. The van der Waals surface area contributed by atoms with Crippen LogP contribution in [0.5, 0.6) is 0 Å². The number of hydrogen-bond donors (Lipinski definition) is 2. The van der Waals surface area contributed by atoms with E-state index in [1.165, 1.54) is 38.5 Å². The second-order valence-electron chi connectivity index (χ2n) is 10.1. The van der Waals surface area contributed by atoms with Gasteiger partial charge in [0.15, 0.2) is 0 Å². The van der Waals surface area contributed by atoms with Crippen LogP contribution in [-0.4, -0.2) is 36.8 Å². The van der Waals surface area contributed by atoms with E-state index in [2.05, 4.69) is 85.3 Å². The van der Waals surface area contributed by atoms with Gasteiger partial charge in [-0.05, 0) is 59.7 Å². The lowest BCUT2D eigenvalue weighted by Crippen LogP contribution is -2.54. The molecule has 0 spiro atoms. The minimum atomic E-state index is -0.286. The molecular weight excluding hydrogens is 432 g/mol. The first-order valence-corrected chi connectivity index (χ1v) is 13.3. The molecule has 4 nitrogen and oxygen atoms in total. The number of hydrogen-bond acceptors (Lipinski definition) is 3. The van der Waals surface area contributed by atoms with E-state index in [9.17, 15) is 9.90 Å². The fourth-order valence-corrected chi connectivity index (χ4v) is 5.00. The van der Waals surface area contributed by atoms with E-state index in [0.29, 0.717) is 6.42 Å². The maximum absolute atomic E-state index is 12.8. The third-order valence-electron chi connectivity index (χ3n) is 6.89. The van der Waals surface area contributed by atoms with Gasteiger partial charge < -0.3 is 15.3 Å². The molecule has 2 N–H and O–H groups in total. The lowest BCUT2D eigenvalue weighted by atomic mass is 9.92. The van der Waals surface area contributed by atoms with Crippen molar-refractivity contribution in [3.8, 4) is 23.0 Å². The van der Waals surface area contributed by atoms with Gasteiger partial charge in [0.25, 0.3) is 0 Å². The zero-order valence-electron chi connectivity index (χ0n) is 21.9. The predicted molar refractivity (Wildman–Crippen MR) is 146 cm³/mol. The van der Waals surface area contributed by atoms with Gasteiger partial charge in [-0.15, -0.1) is 0 Å². The summed E-state index contributed by atoms with van der Waals surface area (Å²) in [4.78, 5) is 14.9. The summed E-state index contributed by atoms with van der Waals surface area (Å²) in [5.41, 5.74) is 5.48. The molecule has 35 heavy (non-hydrogen) atoms. The van der Waals surface area contributed by atoms with Gasteiger partial charge in [0.1, 0.15) is 6.04 Å². The fraction of sp³-hybridized carbons (Fsp3) is 0.516. The van der Waals surface area contributed by atoms with Gasteiger partial charge in [0.05, 0.1) is 12.6 Å². The monoisotopic (exact) mass is 474 g/mol. The highest BCUT2D eigenvalue weighted by molar-refractivity contribution is 5.87. The SMILES string of the molecule is CCCCCCCCC#Cc1cccc(-c2ccc3c(c2)C[C@@H](CO)NC(=O)[C@H](C(C)C)N3C)c1. The Morgan fingerprint density at radius 1 is 1.06 bits per heavy atom. The second-order valence-corrected chi connectivity index (χ2v) is 10.1. The van der Waals surface area contributed by atoms with Crippen molar-refractivity contribution in [2.45, 2.75) is 84.2 Å². The van der Waals surface area contributed by atoms with Gasteiger partial charge in [0.2, 0.25) is 5.91 Å². The first-order chi connectivity index (χ1) is 16.9. The summed E-state index contributed by atoms with van der Waals surface area (Å²) in [6.45, 7) is 6.29. The van der Waals surface area contributed by atoms with Crippen molar-refractivity contribution in [1.82, 2.24) is 5.32 Å². The standard InChI is InChI=1S/C31H42N2O2/c1-5-6-7-8-9-10-11-12-14-24-15-13-16-25(19-24)26-17-18-29-27(20-26)21-28(22-34)32-31(35)30(23(2)3)33(29)4/h13,15-20,23,28,30,34H,5-11,21-22H2,1-4H3,(H,32,35)/t28-,30-/m0/s1. The number of nitrogens with zero attached hydrogens (tertiary/aromatic N) is 1. The van der Waals surface area contributed by atoms with Crippen LogP contribution in [-0.2, 0) is 11.2 Å². The zero-order valence-corrected chi connectivity index (χ0v) is 21.9. The Labute approximate surface area is 212 Å². The second kappa shape index (κ2) is 13.4. The number of carbonyl (C=O) groups is 1. The van der Waals surface area contributed by atoms with Crippen molar-refractivity contribution in [1.29, 1.82) is 0 Å². The highest BCUT2D eigenvalue weighted by Crippen LogP contribution is 2.32. The van der Waals surface area contributed by atoms with Gasteiger partial charge in [-0.3, -0.25) is 4.79 Å². The number of benzene rings is 2. The summed E-state index contributed by atoms with van der Waals surface area (Å²) < 4.78 is 0. The number of nitrogens with one attached hydrogen (secondary N) is 1. The van der Waals surface area contributed by atoms with Gasteiger partial charge in [-0.2, -0.15) is 0 Å². The largest absolute Gasteiger partial charge is 0.394 e. The smallest absolute Gasteiger partial charge is 0.243 e. The zero-order chi connectivity index (χ0) is 25.2. The number of amides is 1. The third kappa shape index (κ3) is 7.36. The van der Waals surface area contributed by atoms with Gasteiger partial charge in [-0.25, -0.2) is 0 Å². The van der Waals surface area contributed by atoms with E-state index in [1.54, 1.807) is 0 Å². The number of aliphatic hydroxyl groups excluding tert-OH is 1. The minimum Gasteiger partial charge on any atom is -0.394 e. The normalized spacial score (nSPS) is 17.8. The quantitative estimate of drug-likeness (QED) is 0.349. The summed E-state index contributed by atoms with van der Waals surface area (Å²) >= 11 is 0. The predicted octanol–water partition coefficient (Wildman–Crippen LogP) is 5.95. The highest BCUT2D eigenvalue weighted by Gasteiger charge is 2.32. The Morgan fingerprint density at radius 2 is 1.80 bits per heavy atom. The van der Waals surface area contributed by atoms with Gasteiger partial charge in [-0.1, -0.05) is 82.9 Å². The van der Waals surface area contributed by atoms with Crippen LogP contribution in [0.15, 0.2) is 42.5 Å². The van der Waals surface area contributed by atoms with Crippen molar-refractivity contribution in [3.05, 3.63) is 53.6 Å². The van der Waals surface area contributed by atoms with Crippen LogP contribution in [0.4, 0.5) is 5.69 Å². The fourth-order valence-electron chi connectivity index (χ4n) is 5.00. The summed E-state index contributed by atoms with van der Waals surface area (Å²) in [6.07, 6.45) is 9.27. The molecule has 1 aliphatic rings. The van der Waals surface area contributed by atoms with Crippen molar-refractivity contribution >= 4 is 11.6 Å². The number of carbonyl (C=O) groups excluding carboxylic acids is 1. The van der Waals surface area contributed by atoms with Crippen LogP contribution in [0.3, 0.4) is 0 Å². The molecule has 188 valence electrons. The lowest BCUT2D eigenvalue weighted by molar-refractivity contribution is -0.124. The van der Waals surface area contributed by atoms with Crippen molar-refractivity contribution < 1.29 is 9.90 Å². The number of fused-ring (bicyclic) bond motifs is 1. The van der Waals surface area contributed by atoms with Crippen molar-refractivity contribution in [2.75, 3.05) is 18.6 Å². The lowest BCUT2D eigenvalue weighted by Gasteiger charge is -2.37. The van der Waals surface area contributed by atoms with Gasteiger partial charge in [0, 0.05) is 24.7 Å². The van der Waals surface area contributed by atoms with Crippen LogP contribution in [0.1, 0.15) is 76.8 Å². The van der Waals surface area contributed by atoms with Crippen molar-refractivity contribution in [2.24, 2.45) is 5.92 Å². The molecule has 4 heteroatoms. The summed E-state index contributed by atoms with van der Waals surface area (Å²) in [5.74, 6) is 6.82. The summed E-state index contributed by atoms with van der Waals surface area (Å²) in [7, 11) is 1.99. The Balaban J connectivity index is 1.78. The van der Waals surface area contributed by atoms with Crippen LogP contribution < -0.4 is 10.2 Å². The molecule has 0 saturated heterocycles. The van der Waals surface area contributed by atoms with E-state index in [1.807, 2.05) is 7.05 Å². The first kappa shape index (κ1) is 26.8. The topological polar surface area (TPSA) is 52.6 Å². The molecule has 1 aliphatic heterocycles. The van der Waals surface area contributed by atoms with Crippen LogP contribution in [0.25, 0.3) is 11.1 Å². The molecule has 0 aromatic heterocycles. The van der Waals surface area contributed by atoms with Crippen LogP contribution >= 0.6 is 0 Å². The molecule has 1 amide bonds. The number of aliphatic hydroxyl groups is 1. The summed E-state index contributed by atoms with van der Waals surface area (Å²) in [5, 5.41) is 12.9. The molecule has 2 atom stereocenters. The third-order valence-corrected chi connectivity index (χ3v) is 6.89. The number of anilines is 1. The van der Waals surface area contributed by atoms with E-state index < -0.39 is 0 Å². The minimum absolute atomic E-state index is 0.0245. The molecular formula is C31H42N2O2. The average Bonchev–Trinajstić information content (AvgIpc) is 2.84. The first-order valence-electron chi connectivity index (χ1n) is 13.3. The number of unbranched alkanes of at least 4 members (excludes halogenated alkanes) is 6. The maximum Gasteiger partial charge on any atom is 0.243 e. The van der Waals surface area contributed by atoms with E-state index in [4.69, 9.17) is 0 Å². The summed E-state index contributed by atoms with van der Waals surface area (Å²) in [6, 6.07) is 14.3. The molecule has 3 rings (SSSR count). The van der Waals surface area contributed by atoms with Gasteiger partial charge >= 0.3 is 0 Å². The molecule has 0 unspecified atom stereocenters. The molecule has 1 heterocycles. The molecule has 2 aromatic rings. The molecule has 0 radical (unpaired) electrons. The van der Waals surface area contributed by atoms with E-state index in [-0.39, 0.29) is 30.5 Å².